The van der Waals surface area contributed by atoms with Gasteiger partial charge in [-0.15, -0.1) is 0 Å². The standard InChI is InChI=1S/C20H30BrN5O/c1-5-7-17(25-9-8-24(4)12-14(3)13-25)19-23-18-16(10-15(21)11-22-18)20(27)26(19)6-2/h10-11,14,17H,5-9,12-13H2,1-4H3/t14-,17+/m0/s1. The van der Waals surface area contributed by atoms with Crippen LogP contribution in [-0.4, -0.2) is 57.6 Å². The maximum atomic E-state index is 13.1. The van der Waals surface area contributed by atoms with Crippen LogP contribution < -0.4 is 5.56 Å². The summed E-state index contributed by atoms with van der Waals surface area (Å²) in [7, 11) is 2.19. The second kappa shape index (κ2) is 8.80. The molecular weight excluding hydrogens is 406 g/mol. The molecule has 27 heavy (non-hydrogen) atoms. The number of hydrogen-bond donors (Lipinski definition) is 0. The van der Waals surface area contributed by atoms with Crippen molar-refractivity contribution >= 4 is 27.0 Å². The molecule has 1 fully saturated rings. The van der Waals surface area contributed by atoms with E-state index in [2.05, 4.69) is 51.6 Å². The van der Waals surface area contributed by atoms with Gasteiger partial charge in [-0.2, -0.15) is 0 Å². The van der Waals surface area contributed by atoms with Gasteiger partial charge in [0.05, 0.1) is 11.4 Å². The highest BCUT2D eigenvalue weighted by atomic mass is 79.9. The Morgan fingerprint density at radius 1 is 1.30 bits per heavy atom. The molecule has 6 nitrogen and oxygen atoms in total. The van der Waals surface area contributed by atoms with Crippen molar-refractivity contribution in [2.75, 3.05) is 33.2 Å². The van der Waals surface area contributed by atoms with E-state index in [1.807, 2.05) is 17.6 Å². The topological polar surface area (TPSA) is 54.3 Å². The molecule has 7 heteroatoms. The number of nitrogens with zero attached hydrogens (tertiary/aromatic N) is 5. The lowest BCUT2D eigenvalue weighted by Crippen LogP contribution is -2.38. The average Bonchev–Trinajstić information content (AvgIpc) is 2.80. The first kappa shape index (κ1) is 20.4. The first-order chi connectivity index (χ1) is 12.9. The third-order valence-electron chi connectivity index (χ3n) is 5.36. The highest BCUT2D eigenvalue weighted by Crippen LogP contribution is 2.27. The summed E-state index contributed by atoms with van der Waals surface area (Å²) in [5, 5.41) is 0.578. The second-order valence-corrected chi connectivity index (χ2v) is 8.63. The molecule has 0 N–H and O–H groups in total. The van der Waals surface area contributed by atoms with Crippen molar-refractivity contribution in [3.8, 4) is 0 Å². The predicted octanol–water partition coefficient (Wildman–Crippen LogP) is 3.30. The van der Waals surface area contributed by atoms with Crippen molar-refractivity contribution in [3.63, 3.8) is 0 Å². The number of pyridine rings is 1. The Hall–Kier alpha value is -1.31. The molecule has 1 aliphatic rings. The van der Waals surface area contributed by atoms with Gasteiger partial charge in [0.2, 0.25) is 0 Å². The van der Waals surface area contributed by atoms with E-state index < -0.39 is 0 Å². The van der Waals surface area contributed by atoms with Crippen LogP contribution in [-0.2, 0) is 6.54 Å². The van der Waals surface area contributed by atoms with Crippen LogP contribution in [0.3, 0.4) is 0 Å². The van der Waals surface area contributed by atoms with Gasteiger partial charge in [0, 0.05) is 43.4 Å². The van der Waals surface area contributed by atoms with Crippen LogP contribution in [0.5, 0.6) is 0 Å². The monoisotopic (exact) mass is 435 g/mol. The molecule has 0 aliphatic carbocycles. The molecule has 0 radical (unpaired) electrons. The van der Waals surface area contributed by atoms with Gasteiger partial charge in [0.25, 0.3) is 5.56 Å². The van der Waals surface area contributed by atoms with Gasteiger partial charge in [-0.25, -0.2) is 9.97 Å². The Morgan fingerprint density at radius 2 is 2.07 bits per heavy atom. The van der Waals surface area contributed by atoms with Gasteiger partial charge in [-0.3, -0.25) is 14.3 Å². The van der Waals surface area contributed by atoms with Crippen LogP contribution in [0, 0.1) is 5.92 Å². The molecule has 0 aromatic carbocycles. The molecule has 0 spiro atoms. The molecule has 2 atom stereocenters. The SMILES string of the molecule is CCC[C@H](c1nc2ncc(Br)cc2c(=O)n1CC)N1CCN(C)C[C@H](C)C1. The quantitative estimate of drug-likeness (QED) is 0.720. The minimum Gasteiger partial charge on any atom is -0.305 e. The van der Waals surface area contributed by atoms with Crippen molar-refractivity contribution in [3.05, 3.63) is 32.9 Å². The molecule has 2 aromatic heterocycles. The highest BCUT2D eigenvalue weighted by Gasteiger charge is 2.28. The highest BCUT2D eigenvalue weighted by molar-refractivity contribution is 9.10. The molecular formula is C20H30BrN5O. The van der Waals surface area contributed by atoms with Crippen LogP contribution in [0.4, 0.5) is 0 Å². The minimum absolute atomic E-state index is 0.00684. The van der Waals surface area contributed by atoms with Gasteiger partial charge >= 0.3 is 0 Å². The maximum absolute atomic E-state index is 13.1. The second-order valence-electron chi connectivity index (χ2n) is 7.71. The summed E-state index contributed by atoms with van der Waals surface area (Å²) in [5.41, 5.74) is 0.552. The summed E-state index contributed by atoms with van der Waals surface area (Å²) < 4.78 is 2.65. The van der Waals surface area contributed by atoms with Crippen LogP contribution in [0.25, 0.3) is 11.0 Å². The normalized spacial score (nSPS) is 20.7. The van der Waals surface area contributed by atoms with Crippen molar-refractivity contribution in [2.24, 2.45) is 5.92 Å². The van der Waals surface area contributed by atoms with Crippen molar-refractivity contribution in [2.45, 2.75) is 46.2 Å². The lowest BCUT2D eigenvalue weighted by atomic mass is 10.1. The summed E-state index contributed by atoms with van der Waals surface area (Å²) >= 11 is 3.42. The van der Waals surface area contributed by atoms with E-state index in [-0.39, 0.29) is 11.6 Å². The summed E-state index contributed by atoms with van der Waals surface area (Å²) in [4.78, 5) is 27.4. The van der Waals surface area contributed by atoms with Crippen LogP contribution in [0.15, 0.2) is 21.5 Å². The van der Waals surface area contributed by atoms with Gasteiger partial charge in [-0.1, -0.05) is 20.3 Å². The molecule has 3 heterocycles. The third-order valence-corrected chi connectivity index (χ3v) is 5.80. The first-order valence-corrected chi connectivity index (χ1v) is 10.7. The number of halogens is 1. The minimum atomic E-state index is 0.00684. The van der Waals surface area contributed by atoms with Gasteiger partial charge < -0.3 is 4.90 Å². The van der Waals surface area contributed by atoms with E-state index >= 15 is 0 Å². The molecule has 1 saturated heterocycles. The van der Waals surface area contributed by atoms with Gasteiger partial charge in [0.1, 0.15) is 5.82 Å². The molecule has 2 aromatic rings. The number of likely N-dealkylation sites (N-methyl/N-ethyl adjacent to an activating group) is 1. The number of hydrogen-bond acceptors (Lipinski definition) is 5. The van der Waals surface area contributed by atoms with Crippen LogP contribution in [0.1, 0.15) is 45.5 Å². The fourth-order valence-corrected chi connectivity index (χ4v) is 4.49. The van der Waals surface area contributed by atoms with Crippen molar-refractivity contribution < 1.29 is 0 Å². The maximum Gasteiger partial charge on any atom is 0.263 e. The smallest absolute Gasteiger partial charge is 0.263 e. The number of rotatable bonds is 5. The summed E-state index contributed by atoms with van der Waals surface area (Å²) in [6, 6.07) is 1.97. The summed E-state index contributed by atoms with van der Waals surface area (Å²) in [6.07, 6.45) is 3.76. The Morgan fingerprint density at radius 3 is 2.78 bits per heavy atom. The lowest BCUT2D eigenvalue weighted by molar-refractivity contribution is 0.167. The number of fused-ring (bicyclic) bond motifs is 1. The zero-order chi connectivity index (χ0) is 19.6. The Bertz CT molecular complexity index is 852. The van der Waals surface area contributed by atoms with Crippen molar-refractivity contribution in [1.29, 1.82) is 0 Å². The molecule has 0 unspecified atom stereocenters. The molecule has 3 rings (SSSR count). The van der Waals surface area contributed by atoms with E-state index in [1.165, 1.54) is 0 Å². The van der Waals surface area contributed by atoms with E-state index in [4.69, 9.17) is 4.98 Å². The predicted molar refractivity (Wildman–Crippen MR) is 113 cm³/mol. The van der Waals surface area contributed by atoms with E-state index in [9.17, 15) is 4.79 Å². The van der Waals surface area contributed by atoms with E-state index in [1.54, 1.807) is 6.20 Å². The summed E-state index contributed by atoms with van der Waals surface area (Å²) in [5.74, 6) is 1.46. The van der Waals surface area contributed by atoms with Crippen LogP contribution in [0.2, 0.25) is 0 Å². The molecule has 0 bridgehead atoms. The Labute approximate surface area is 169 Å². The fourth-order valence-electron chi connectivity index (χ4n) is 4.16. The molecule has 0 amide bonds. The zero-order valence-electron chi connectivity index (χ0n) is 16.8. The first-order valence-electron chi connectivity index (χ1n) is 9.93. The lowest BCUT2D eigenvalue weighted by Gasteiger charge is -2.32. The Kier molecular flexibility index (Phi) is 6.65. The number of aromatic nitrogens is 3. The summed E-state index contributed by atoms with van der Waals surface area (Å²) in [6.45, 7) is 11.3. The zero-order valence-corrected chi connectivity index (χ0v) is 18.4. The average molecular weight is 436 g/mol. The molecule has 0 saturated carbocycles. The fraction of sp³-hybridized carbons (Fsp3) is 0.650. The molecule has 1 aliphatic heterocycles. The van der Waals surface area contributed by atoms with E-state index in [0.29, 0.717) is 23.5 Å². The van der Waals surface area contributed by atoms with Gasteiger partial charge in [-0.05, 0) is 48.3 Å². The third kappa shape index (κ3) is 4.41. The van der Waals surface area contributed by atoms with E-state index in [0.717, 1.165) is 49.3 Å². The van der Waals surface area contributed by atoms with Crippen molar-refractivity contribution in [1.82, 2.24) is 24.3 Å². The van der Waals surface area contributed by atoms with Crippen LogP contribution >= 0.6 is 15.9 Å². The largest absolute Gasteiger partial charge is 0.305 e. The Balaban J connectivity index is 2.10. The van der Waals surface area contributed by atoms with Gasteiger partial charge in [0.15, 0.2) is 5.65 Å². The molecule has 148 valence electrons.